The van der Waals surface area contributed by atoms with E-state index in [0.717, 1.165) is 5.56 Å². The van der Waals surface area contributed by atoms with Crippen LogP contribution in [0, 0.1) is 0 Å². The minimum Gasteiger partial charge on any atom is -0.443 e. The maximum absolute atomic E-state index is 10.9. The zero-order chi connectivity index (χ0) is 11.1. The van der Waals surface area contributed by atoms with Crippen molar-refractivity contribution in [2.75, 3.05) is 0 Å². The number of carbonyl (C=O) groups is 2. The van der Waals surface area contributed by atoms with Crippen molar-refractivity contribution in [1.82, 2.24) is 10.9 Å². The summed E-state index contributed by atoms with van der Waals surface area (Å²) in [5.74, 6) is 0. The fraction of sp³-hybridized carbons (Fsp3) is 0.111. The molecule has 1 rings (SSSR count). The van der Waals surface area contributed by atoms with Crippen LogP contribution in [0.15, 0.2) is 30.3 Å². The van der Waals surface area contributed by atoms with Crippen LogP contribution in [0.3, 0.4) is 0 Å². The van der Waals surface area contributed by atoms with Gasteiger partial charge in [-0.2, -0.15) is 0 Å². The molecule has 0 fully saturated rings. The molecule has 1 aromatic rings. The van der Waals surface area contributed by atoms with Crippen LogP contribution < -0.4 is 16.6 Å². The van der Waals surface area contributed by atoms with Crippen LogP contribution in [-0.2, 0) is 11.3 Å². The Hall–Kier alpha value is -2.24. The molecule has 0 aromatic heterocycles. The first-order valence-electron chi connectivity index (χ1n) is 4.20. The minimum atomic E-state index is -0.855. The quantitative estimate of drug-likeness (QED) is 0.619. The largest absolute Gasteiger partial charge is 0.443 e. The van der Waals surface area contributed by atoms with Crippen LogP contribution in [-0.4, -0.2) is 12.1 Å². The van der Waals surface area contributed by atoms with Gasteiger partial charge in [0.25, 0.3) is 0 Å². The van der Waals surface area contributed by atoms with Crippen molar-refractivity contribution in [3.8, 4) is 0 Å². The molecule has 0 aliphatic heterocycles. The number of amides is 3. The van der Waals surface area contributed by atoms with Gasteiger partial charge in [0, 0.05) is 0 Å². The topological polar surface area (TPSA) is 93.5 Å². The summed E-state index contributed by atoms with van der Waals surface area (Å²) in [5.41, 5.74) is 9.44. The fourth-order valence-corrected chi connectivity index (χ4v) is 0.872. The minimum absolute atomic E-state index is 0.132. The molecular weight excluding hydrogens is 198 g/mol. The van der Waals surface area contributed by atoms with Crippen molar-refractivity contribution in [3.63, 3.8) is 0 Å². The second kappa shape index (κ2) is 5.48. The van der Waals surface area contributed by atoms with Gasteiger partial charge in [-0.15, -0.1) is 0 Å². The van der Waals surface area contributed by atoms with Crippen LogP contribution in [0.25, 0.3) is 0 Å². The number of rotatable bonds is 2. The number of ether oxygens (including phenoxy) is 1. The first-order chi connectivity index (χ1) is 7.18. The summed E-state index contributed by atoms with van der Waals surface area (Å²) in [6, 6.07) is 8.30. The summed E-state index contributed by atoms with van der Waals surface area (Å²) in [5, 5.41) is 0. The molecule has 15 heavy (non-hydrogen) atoms. The van der Waals surface area contributed by atoms with Crippen LogP contribution >= 0.6 is 0 Å². The summed E-state index contributed by atoms with van der Waals surface area (Å²) in [6.07, 6.45) is -0.766. The number of hydrogen-bond acceptors (Lipinski definition) is 3. The molecule has 1 aromatic carbocycles. The highest BCUT2D eigenvalue weighted by Crippen LogP contribution is 1.99. The highest BCUT2D eigenvalue weighted by molar-refractivity contribution is 5.76. The van der Waals surface area contributed by atoms with E-state index in [1.54, 1.807) is 0 Å². The molecule has 0 saturated carbocycles. The number of hydrogen-bond donors (Lipinski definition) is 3. The molecule has 0 aliphatic rings. The summed E-state index contributed by atoms with van der Waals surface area (Å²) >= 11 is 0. The van der Waals surface area contributed by atoms with Crippen molar-refractivity contribution in [2.45, 2.75) is 6.61 Å². The number of benzene rings is 1. The van der Waals surface area contributed by atoms with Gasteiger partial charge < -0.3 is 10.5 Å². The Bertz CT molecular complexity index is 340. The van der Waals surface area contributed by atoms with E-state index >= 15 is 0 Å². The average molecular weight is 209 g/mol. The molecule has 0 atom stereocenters. The monoisotopic (exact) mass is 209 g/mol. The number of nitrogens with one attached hydrogen (secondary N) is 2. The number of hydrazine groups is 1. The van der Waals surface area contributed by atoms with E-state index in [0.29, 0.717) is 0 Å². The van der Waals surface area contributed by atoms with Crippen LogP contribution in [0.1, 0.15) is 5.56 Å². The number of carbonyl (C=O) groups excluding carboxylic acids is 2. The molecule has 6 nitrogen and oxygen atoms in total. The summed E-state index contributed by atoms with van der Waals surface area (Å²) in [4.78, 5) is 21.1. The zero-order valence-electron chi connectivity index (χ0n) is 7.90. The lowest BCUT2D eigenvalue weighted by Gasteiger charge is -2.06. The molecule has 0 radical (unpaired) electrons. The third-order valence-electron chi connectivity index (χ3n) is 1.50. The Kier molecular flexibility index (Phi) is 3.96. The molecular formula is C9H11N3O3. The predicted molar refractivity (Wildman–Crippen MR) is 52.5 cm³/mol. The van der Waals surface area contributed by atoms with E-state index in [1.807, 2.05) is 41.2 Å². The van der Waals surface area contributed by atoms with Crippen molar-refractivity contribution in [1.29, 1.82) is 0 Å². The smallest absolute Gasteiger partial charge is 0.426 e. The van der Waals surface area contributed by atoms with Gasteiger partial charge in [-0.3, -0.25) is 0 Å². The maximum Gasteiger partial charge on any atom is 0.426 e. The SMILES string of the molecule is NC(=O)NNC(=O)OCc1ccccc1. The third-order valence-corrected chi connectivity index (χ3v) is 1.50. The number of urea groups is 1. The first kappa shape index (κ1) is 10.8. The highest BCUT2D eigenvalue weighted by atomic mass is 16.6. The first-order valence-corrected chi connectivity index (χ1v) is 4.20. The Morgan fingerprint density at radius 1 is 1.20 bits per heavy atom. The van der Waals surface area contributed by atoms with Crippen LogP contribution in [0.5, 0.6) is 0 Å². The van der Waals surface area contributed by atoms with E-state index in [1.165, 1.54) is 0 Å². The van der Waals surface area contributed by atoms with Gasteiger partial charge in [0.2, 0.25) is 0 Å². The van der Waals surface area contributed by atoms with E-state index in [-0.39, 0.29) is 6.61 Å². The molecule has 6 heteroatoms. The summed E-state index contributed by atoms with van der Waals surface area (Å²) < 4.78 is 4.76. The van der Waals surface area contributed by atoms with Gasteiger partial charge >= 0.3 is 12.1 Å². The standard InChI is InChI=1S/C9H11N3O3/c10-8(13)11-12-9(14)15-6-7-4-2-1-3-5-7/h1-5H,6H2,(H,12,14)(H3,10,11,13). The van der Waals surface area contributed by atoms with E-state index in [9.17, 15) is 9.59 Å². The lowest BCUT2D eigenvalue weighted by Crippen LogP contribution is -2.44. The molecule has 4 N–H and O–H groups in total. The van der Waals surface area contributed by atoms with Crippen molar-refractivity contribution in [3.05, 3.63) is 35.9 Å². The van der Waals surface area contributed by atoms with Gasteiger partial charge in [0.1, 0.15) is 6.61 Å². The highest BCUT2D eigenvalue weighted by Gasteiger charge is 2.01. The van der Waals surface area contributed by atoms with E-state index in [2.05, 4.69) is 0 Å². The lowest BCUT2D eigenvalue weighted by molar-refractivity contribution is 0.135. The molecule has 0 saturated heterocycles. The molecule has 0 heterocycles. The van der Waals surface area contributed by atoms with E-state index in [4.69, 9.17) is 10.5 Å². The second-order valence-corrected chi connectivity index (χ2v) is 2.68. The normalized spacial score (nSPS) is 9.07. The molecule has 0 aliphatic carbocycles. The summed E-state index contributed by atoms with van der Waals surface area (Å²) in [6.45, 7) is 0.132. The van der Waals surface area contributed by atoms with E-state index < -0.39 is 12.1 Å². The third kappa shape index (κ3) is 4.51. The Balaban J connectivity index is 2.26. The fourth-order valence-electron chi connectivity index (χ4n) is 0.872. The van der Waals surface area contributed by atoms with Crippen molar-refractivity contribution in [2.24, 2.45) is 5.73 Å². The van der Waals surface area contributed by atoms with Crippen LogP contribution in [0.2, 0.25) is 0 Å². The molecule has 0 bridgehead atoms. The van der Waals surface area contributed by atoms with Crippen LogP contribution in [0.4, 0.5) is 9.59 Å². The Morgan fingerprint density at radius 2 is 1.87 bits per heavy atom. The molecule has 0 unspecified atom stereocenters. The number of primary amides is 1. The van der Waals surface area contributed by atoms with Gasteiger partial charge in [0.15, 0.2) is 0 Å². The lowest BCUT2D eigenvalue weighted by atomic mass is 10.2. The zero-order valence-corrected chi connectivity index (χ0v) is 7.90. The molecule has 3 amide bonds. The molecule has 0 spiro atoms. The van der Waals surface area contributed by atoms with Gasteiger partial charge in [0.05, 0.1) is 0 Å². The predicted octanol–water partition coefficient (Wildman–Crippen LogP) is 0.496. The maximum atomic E-state index is 10.9. The second-order valence-electron chi connectivity index (χ2n) is 2.68. The van der Waals surface area contributed by atoms with Gasteiger partial charge in [-0.1, -0.05) is 30.3 Å². The molecule has 80 valence electrons. The Labute approximate surface area is 86.4 Å². The number of nitrogens with two attached hydrogens (primary N) is 1. The van der Waals surface area contributed by atoms with Crippen molar-refractivity contribution >= 4 is 12.1 Å². The van der Waals surface area contributed by atoms with Gasteiger partial charge in [-0.25, -0.2) is 20.4 Å². The van der Waals surface area contributed by atoms with Gasteiger partial charge in [-0.05, 0) is 5.56 Å². The Morgan fingerprint density at radius 3 is 2.47 bits per heavy atom. The average Bonchev–Trinajstić information content (AvgIpc) is 2.25. The summed E-state index contributed by atoms with van der Waals surface area (Å²) in [7, 11) is 0. The van der Waals surface area contributed by atoms with Crippen molar-refractivity contribution < 1.29 is 14.3 Å².